The van der Waals surface area contributed by atoms with E-state index in [1.807, 2.05) is 0 Å². The van der Waals surface area contributed by atoms with Gasteiger partial charge < -0.3 is 19.7 Å². The Hall–Kier alpha value is -0.950. The number of nitrogens with one attached hydrogen (secondary N) is 1. The monoisotopic (exact) mass is 352 g/mol. The van der Waals surface area contributed by atoms with E-state index in [0.29, 0.717) is 37.7 Å². The number of carbonyl (C=O) groups excluding carboxylic acids is 1. The molecule has 1 atom stereocenters. The number of amides is 1. The van der Waals surface area contributed by atoms with Gasteiger partial charge in [0.15, 0.2) is 0 Å². The van der Waals surface area contributed by atoms with Gasteiger partial charge in [0.2, 0.25) is 5.91 Å². The van der Waals surface area contributed by atoms with Crippen molar-refractivity contribution in [3.05, 3.63) is 22.4 Å². The van der Waals surface area contributed by atoms with E-state index in [1.165, 1.54) is 18.4 Å². The van der Waals surface area contributed by atoms with Gasteiger partial charge in [0, 0.05) is 19.7 Å². The standard InChI is InChI=1S/C18H28N2O3S/c1-22-9-10-23-8-2-17(21)20(13-15-3-11-24-14-15)16-12-18(16)4-6-19-7-5-18/h3,11,14,16,19H,2,4-10,12-13H2,1H3. The van der Waals surface area contributed by atoms with E-state index in [-0.39, 0.29) is 5.91 Å². The summed E-state index contributed by atoms with van der Waals surface area (Å²) in [7, 11) is 1.66. The number of thiophene rings is 1. The van der Waals surface area contributed by atoms with Crippen LogP contribution in [0.1, 0.15) is 31.2 Å². The molecule has 1 spiro atoms. The number of nitrogens with zero attached hydrogens (tertiary/aromatic N) is 1. The number of carbonyl (C=O) groups is 1. The maximum Gasteiger partial charge on any atom is 0.225 e. The molecule has 1 unspecified atom stereocenters. The second-order valence-corrected chi connectivity index (χ2v) is 7.62. The van der Waals surface area contributed by atoms with Crippen LogP contribution >= 0.6 is 11.3 Å². The van der Waals surface area contributed by atoms with Crippen LogP contribution in [0.15, 0.2) is 16.8 Å². The Morgan fingerprint density at radius 3 is 2.92 bits per heavy atom. The minimum Gasteiger partial charge on any atom is -0.382 e. The fraction of sp³-hybridized carbons (Fsp3) is 0.722. The molecule has 1 saturated carbocycles. The van der Waals surface area contributed by atoms with Crippen LogP contribution in [0.2, 0.25) is 0 Å². The van der Waals surface area contributed by atoms with Crippen LogP contribution in [0.4, 0.5) is 0 Å². The quantitative estimate of drug-likeness (QED) is 0.693. The Balaban J connectivity index is 1.57. The maximum atomic E-state index is 12.8. The van der Waals surface area contributed by atoms with Crippen LogP contribution in [-0.4, -0.2) is 56.9 Å². The zero-order valence-corrected chi connectivity index (χ0v) is 15.3. The lowest BCUT2D eigenvalue weighted by Crippen LogP contribution is -2.39. The summed E-state index contributed by atoms with van der Waals surface area (Å²) >= 11 is 1.69. The largest absolute Gasteiger partial charge is 0.382 e. The summed E-state index contributed by atoms with van der Waals surface area (Å²) in [6, 6.07) is 2.53. The van der Waals surface area contributed by atoms with Crippen molar-refractivity contribution in [2.75, 3.05) is 40.0 Å². The van der Waals surface area contributed by atoms with Crippen molar-refractivity contribution in [3.8, 4) is 0 Å². The summed E-state index contributed by atoms with van der Waals surface area (Å²) in [6.07, 6.45) is 4.00. The van der Waals surface area contributed by atoms with Crippen molar-refractivity contribution in [3.63, 3.8) is 0 Å². The van der Waals surface area contributed by atoms with Gasteiger partial charge in [0.05, 0.1) is 26.2 Å². The highest BCUT2D eigenvalue weighted by molar-refractivity contribution is 7.07. The second-order valence-electron chi connectivity index (χ2n) is 6.84. The first-order valence-corrected chi connectivity index (χ1v) is 9.77. The molecule has 1 amide bonds. The SMILES string of the molecule is COCCOCCC(=O)N(Cc1ccsc1)C1CC12CCNCC2. The first-order chi connectivity index (χ1) is 11.7. The van der Waals surface area contributed by atoms with Crippen LogP contribution in [0.5, 0.6) is 0 Å². The van der Waals surface area contributed by atoms with E-state index in [2.05, 4.69) is 27.0 Å². The minimum absolute atomic E-state index is 0.221. The Morgan fingerprint density at radius 2 is 2.21 bits per heavy atom. The van der Waals surface area contributed by atoms with Crippen molar-refractivity contribution in [1.29, 1.82) is 0 Å². The predicted molar refractivity (Wildman–Crippen MR) is 95.1 cm³/mol. The van der Waals surface area contributed by atoms with Crippen LogP contribution in [0.25, 0.3) is 0 Å². The molecule has 6 heteroatoms. The fourth-order valence-electron chi connectivity index (χ4n) is 3.73. The molecule has 2 heterocycles. The van der Waals surface area contributed by atoms with Crippen molar-refractivity contribution in [1.82, 2.24) is 10.2 Å². The molecule has 1 saturated heterocycles. The molecule has 1 aromatic rings. The molecule has 3 rings (SSSR count). The Bertz CT molecular complexity index is 514. The van der Waals surface area contributed by atoms with E-state index >= 15 is 0 Å². The summed E-state index contributed by atoms with van der Waals surface area (Å²) in [5.41, 5.74) is 1.61. The minimum atomic E-state index is 0.221. The second kappa shape index (κ2) is 8.43. The van der Waals surface area contributed by atoms with E-state index in [0.717, 1.165) is 26.1 Å². The lowest BCUT2D eigenvalue weighted by molar-refractivity contribution is -0.134. The smallest absolute Gasteiger partial charge is 0.225 e. The van der Waals surface area contributed by atoms with Crippen molar-refractivity contribution in [2.45, 2.75) is 38.3 Å². The van der Waals surface area contributed by atoms with Gasteiger partial charge in [0.25, 0.3) is 0 Å². The van der Waals surface area contributed by atoms with Crippen LogP contribution < -0.4 is 5.32 Å². The molecule has 1 aliphatic heterocycles. The normalized spacial score (nSPS) is 21.8. The van der Waals surface area contributed by atoms with Gasteiger partial charge in [0.1, 0.15) is 0 Å². The summed E-state index contributed by atoms with van der Waals surface area (Å²) in [4.78, 5) is 14.9. The highest BCUT2D eigenvalue weighted by Crippen LogP contribution is 2.56. The molecule has 134 valence electrons. The molecule has 2 fully saturated rings. The molecule has 0 aromatic carbocycles. The number of methoxy groups -OCH3 is 1. The summed E-state index contributed by atoms with van der Waals surface area (Å²) in [5.74, 6) is 0.221. The highest BCUT2D eigenvalue weighted by atomic mass is 32.1. The van der Waals surface area contributed by atoms with Gasteiger partial charge in [-0.25, -0.2) is 0 Å². The van der Waals surface area contributed by atoms with Gasteiger partial charge in [-0.15, -0.1) is 0 Å². The van der Waals surface area contributed by atoms with E-state index in [9.17, 15) is 4.79 Å². The summed E-state index contributed by atoms with van der Waals surface area (Å²) in [6.45, 7) is 4.50. The number of hydrogen-bond acceptors (Lipinski definition) is 5. The average Bonchev–Trinajstić information content (AvgIpc) is 3.03. The zero-order chi connectivity index (χ0) is 16.8. The number of piperidine rings is 1. The van der Waals surface area contributed by atoms with Crippen molar-refractivity contribution in [2.24, 2.45) is 5.41 Å². The molecule has 0 bridgehead atoms. The van der Waals surface area contributed by atoms with Crippen LogP contribution in [0.3, 0.4) is 0 Å². The van der Waals surface area contributed by atoms with E-state index in [4.69, 9.17) is 9.47 Å². The molecular weight excluding hydrogens is 324 g/mol. The topological polar surface area (TPSA) is 50.8 Å². The van der Waals surface area contributed by atoms with Crippen molar-refractivity contribution < 1.29 is 14.3 Å². The summed E-state index contributed by atoms with van der Waals surface area (Å²) < 4.78 is 10.5. The van der Waals surface area contributed by atoms with E-state index < -0.39 is 0 Å². The maximum absolute atomic E-state index is 12.8. The fourth-order valence-corrected chi connectivity index (χ4v) is 4.39. The predicted octanol–water partition coefficient (Wildman–Crippen LogP) is 2.27. The lowest BCUT2D eigenvalue weighted by Gasteiger charge is -2.29. The van der Waals surface area contributed by atoms with Gasteiger partial charge in [-0.05, 0) is 60.2 Å². The van der Waals surface area contributed by atoms with Gasteiger partial charge in [-0.3, -0.25) is 4.79 Å². The van der Waals surface area contributed by atoms with Crippen molar-refractivity contribution >= 4 is 17.2 Å². The highest BCUT2D eigenvalue weighted by Gasteiger charge is 2.57. The number of hydrogen-bond donors (Lipinski definition) is 1. The number of rotatable bonds is 9. The number of ether oxygens (including phenoxy) is 2. The van der Waals surface area contributed by atoms with Crippen LogP contribution in [-0.2, 0) is 20.8 Å². The third-order valence-electron chi connectivity index (χ3n) is 5.27. The Kier molecular flexibility index (Phi) is 6.27. The molecule has 1 aliphatic carbocycles. The molecule has 0 radical (unpaired) electrons. The first-order valence-electron chi connectivity index (χ1n) is 8.83. The zero-order valence-electron chi connectivity index (χ0n) is 14.5. The van der Waals surface area contributed by atoms with Crippen LogP contribution in [0, 0.1) is 5.41 Å². The molecule has 1 N–H and O–H groups in total. The first kappa shape index (κ1) is 17.9. The third kappa shape index (κ3) is 4.36. The Labute approximate surface area is 148 Å². The van der Waals surface area contributed by atoms with E-state index in [1.54, 1.807) is 18.4 Å². The van der Waals surface area contributed by atoms with Gasteiger partial charge >= 0.3 is 0 Å². The Morgan fingerprint density at radius 1 is 1.38 bits per heavy atom. The average molecular weight is 353 g/mol. The molecular formula is C18H28N2O3S. The lowest BCUT2D eigenvalue weighted by atomic mass is 9.93. The molecule has 1 aromatic heterocycles. The molecule has 2 aliphatic rings. The molecule has 5 nitrogen and oxygen atoms in total. The third-order valence-corrected chi connectivity index (χ3v) is 6.00. The molecule has 24 heavy (non-hydrogen) atoms. The van der Waals surface area contributed by atoms with Gasteiger partial charge in [-0.1, -0.05) is 0 Å². The summed E-state index contributed by atoms with van der Waals surface area (Å²) in [5, 5.41) is 7.66. The van der Waals surface area contributed by atoms with Gasteiger partial charge in [-0.2, -0.15) is 11.3 Å².